The third-order valence-corrected chi connectivity index (χ3v) is 3.91. The molecule has 0 fully saturated rings. The molecule has 27 heavy (non-hydrogen) atoms. The van der Waals surface area contributed by atoms with Gasteiger partial charge in [-0.05, 0) is 29.8 Å². The Morgan fingerprint density at radius 2 is 1.74 bits per heavy atom. The topological polar surface area (TPSA) is 45.2 Å². The Bertz CT molecular complexity index is 947. The van der Waals surface area contributed by atoms with Gasteiger partial charge < -0.3 is 10.2 Å². The summed E-state index contributed by atoms with van der Waals surface area (Å²) in [6.45, 7) is 0.432. The highest BCUT2D eigenvalue weighted by molar-refractivity contribution is 5.92. The summed E-state index contributed by atoms with van der Waals surface area (Å²) >= 11 is 0. The first-order valence-corrected chi connectivity index (χ1v) is 8.11. The molecule has 1 aromatic heterocycles. The van der Waals surface area contributed by atoms with E-state index in [4.69, 9.17) is 0 Å². The van der Waals surface area contributed by atoms with Crippen molar-refractivity contribution in [2.75, 3.05) is 12.4 Å². The third-order valence-electron chi connectivity index (χ3n) is 3.91. The zero-order chi connectivity index (χ0) is 19.4. The van der Waals surface area contributed by atoms with Crippen molar-refractivity contribution in [1.82, 2.24) is 9.88 Å². The lowest BCUT2D eigenvalue weighted by atomic mass is 10.2. The van der Waals surface area contributed by atoms with Crippen LogP contribution in [0.5, 0.6) is 0 Å². The molecule has 1 N–H and O–H groups in total. The SMILES string of the molecule is CN(Cc1ccccc1)C(=O)c1ccc(Nc2ccc(F)c(F)c2F)cn1. The van der Waals surface area contributed by atoms with Gasteiger partial charge in [0.15, 0.2) is 17.5 Å². The molecule has 4 nitrogen and oxygen atoms in total. The van der Waals surface area contributed by atoms with Gasteiger partial charge >= 0.3 is 0 Å². The van der Waals surface area contributed by atoms with Crippen molar-refractivity contribution >= 4 is 17.3 Å². The first-order valence-electron chi connectivity index (χ1n) is 8.11. The van der Waals surface area contributed by atoms with Gasteiger partial charge in [-0.1, -0.05) is 30.3 Å². The molecule has 3 rings (SSSR count). The van der Waals surface area contributed by atoms with Gasteiger partial charge in [-0.2, -0.15) is 0 Å². The van der Waals surface area contributed by atoms with Gasteiger partial charge in [0.05, 0.1) is 17.6 Å². The molecule has 0 aliphatic heterocycles. The molecule has 0 aliphatic carbocycles. The van der Waals surface area contributed by atoms with Crippen molar-refractivity contribution in [3.63, 3.8) is 0 Å². The van der Waals surface area contributed by atoms with Gasteiger partial charge in [0.25, 0.3) is 5.91 Å². The number of pyridine rings is 1. The Kier molecular flexibility index (Phi) is 5.40. The Balaban J connectivity index is 1.69. The molecule has 0 atom stereocenters. The van der Waals surface area contributed by atoms with Crippen LogP contribution in [-0.2, 0) is 6.54 Å². The van der Waals surface area contributed by atoms with Crippen LogP contribution in [0.2, 0.25) is 0 Å². The van der Waals surface area contributed by atoms with E-state index in [-0.39, 0.29) is 17.3 Å². The van der Waals surface area contributed by atoms with Crippen LogP contribution in [0.4, 0.5) is 24.5 Å². The molecular formula is C20H16F3N3O. The van der Waals surface area contributed by atoms with Gasteiger partial charge in [-0.25, -0.2) is 18.2 Å². The molecule has 1 amide bonds. The largest absolute Gasteiger partial charge is 0.352 e. The van der Waals surface area contributed by atoms with Crippen molar-refractivity contribution in [1.29, 1.82) is 0 Å². The number of rotatable bonds is 5. The Morgan fingerprint density at radius 3 is 2.41 bits per heavy atom. The summed E-state index contributed by atoms with van der Waals surface area (Å²) < 4.78 is 40.0. The molecule has 0 saturated heterocycles. The van der Waals surface area contributed by atoms with Gasteiger partial charge in [0.2, 0.25) is 0 Å². The van der Waals surface area contributed by atoms with Gasteiger partial charge in [-0.15, -0.1) is 0 Å². The van der Waals surface area contributed by atoms with Crippen LogP contribution >= 0.6 is 0 Å². The number of benzene rings is 2. The van der Waals surface area contributed by atoms with E-state index in [1.165, 1.54) is 23.2 Å². The van der Waals surface area contributed by atoms with Crippen LogP contribution in [0.15, 0.2) is 60.8 Å². The predicted molar refractivity (Wildman–Crippen MR) is 96.1 cm³/mol. The van der Waals surface area contributed by atoms with Crippen LogP contribution in [0.3, 0.4) is 0 Å². The summed E-state index contributed by atoms with van der Waals surface area (Å²) in [6, 6.07) is 14.4. The molecule has 0 aliphatic rings. The van der Waals surface area contributed by atoms with Gasteiger partial charge in [-0.3, -0.25) is 4.79 Å². The fraction of sp³-hybridized carbons (Fsp3) is 0.100. The summed E-state index contributed by atoms with van der Waals surface area (Å²) in [7, 11) is 1.67. The van der Waals surface area contributed by atoms with Crippen LogP contribution in [0, 0.1) is 17.5 Å². The van der Waals surface area contributed by atoms with Crippen LogP contribution in [0.25, 0.3) is 0 Å². The molecule has 138 valence electrons. The molecular weight excluding hydrogens is 355 g/mol. The number of hydrogen-bond acceptors (Lipinski definition) is 3. The second-order valence-electron chi connectivity index (χ2n) is 5.93. The predicted octanol–water partition coefficient (Wildman–Crippen LogP) is 4.51. The first-order chi connectivity index (χ1) is 13.0. The highest BCUT2D eigenvalue weighted by atomic mass is 19.2. The Labute approximate surface area is 154 Å². The summed E-state index contributed by atoms with van der Waals surface area (Å²) in [5.74, 6) is -4.41. The average Bonchev–Trinajstić information content (AvgIpc) is 2.69. The number of aromatic nitrogens is 1. The number of hydrogen-bond donors (Lipinski definition) is 1. The highest BCUT2D eigenvalue weighted by Crippen LogP contribution is 2.23. The minimum Gasteiger partial charge on any atom is -0.352 e. The lowest BCUT2D eigenvalue weighted by molar-refractivity contribution is 0.0779. The van der Waals surface area contributed by atoms with E-state index >= 15 is 0 Å². The van der Waals surface area contributed by atoms with Crippen LogP contribution in [-0.4, -0.2) is 22.8 Å². The zero-order valence-corrected chi connectivity index (χ0v) is 14.4. The van der Waals surface area contributed by atoms with E-state index in [0.29, 0.717) is 12.2 Å². The maximum absolute atomic E-state index is 13.7. The summed E-state index contributed by atoms with van der Waals surface area (Å²) in [4.78, 5) is 18.0. The second-order valence-corrected chi connectivity index (χ2v) is 5.93. The minimum absolute atomic E-state index is 0.213. The number of nitrogens with zero attached hydrogens (tertiary/aromatic N) is 2. The first kappa shape index (κ1) is 18.4. The fourth-order valence-corrected chi connectivity index (χ4v) is 2.50. The van der Waals surface area contributed by atoms with Crippen molar-refractivity contribution in [2.24, 2.45) is 0 Å². The lowest BCUT2D eigenvalue weighted by Gasteiger charge is -2.17. The van der Waals surface area contributed by atoms with E-state index in [1.807, 2.05) is 30.3 Å². The summed E-state index contributed by atoms with van der Waals surface area (Å²) in [6.07, 6.45) is 1.32. The number of amides is 1. The smallest absolute Gasteiger partial charge is 0.272 e. The molecule has 0 saturated carbocycles. The van der Waals surface area contributed by atoms with E-state index < -0.39 is 17.5 Å². The van der Waals surface area contributed by atoms with E-state index in [0.717, 1.165) is 17.7 Å². The number of nitrogens with one attached hydrogen (secondary N) is 1. The second kappa shape index (κ2) is 7.90. The standard InChI is InChI=1S/C20H16F3N3O/c1-26(12-13-5-3-2-4-6-13)20(27)17-9-7-14(11-24-17)25-16-10-8-15(21)18(22)19(16)23/h2-11,25H,12H2,1H3. The Hall–Kier alpha value is -3.35. The number of anilines is 2. The van der Waals surface area contributed by atoms with Crippen molar-refractivity contribution in [3.8, 4) is 0 Å². The molecule has 0 spiro atoms. The monoisotopic (exact) mass is 371 g/mol. The normalized spacial score (nSPS) is 10.5. The van der Waals surface area contributed by atoms with Crippen LogP contribution in [0.1, 0.15) is 16.1 Å². The Morgan fingerprint density at radius 1 is 1.00 bits per heavy atom. The van der Waals surface area contributed by atoms with Crippen LogP contribution < -0.4 is 5.32 Å². The molecule has 0 radical (unpaired) electrons. The van der Waals surface area contributed by atoms with E-state index in [9.17, 15) is 18.0 Å². The highest BCUT2D eigenvalue weighted by Gasteiger charge is 2.15. The quantitative estimate of drug-likeness (QED) is 0.671. The van der Waals surface area contributed by atoms with Crippen molar-refractivity contribution in [2.45, 2.75) is 6.54 Å². The number of carbonyl (C=O) groups excluding carboxylic acids is 1. The minimum atomic E-state index is -1.55. The zero-order valence-electron chi connectivity index (χ0n) is 14.4. The maximum atomic E-state index is 13.7. The van der Waals surface area contributed by atoms with Crippen molar-refractivity contribution < 1.29 is 18.0 Å². The molecule has 7 heteroatoms. The summed E-state index contributed by atoms with van der Waals surface area (Å²) in [5.41, 5.74) is 1.31. The maximum Gasteiger partial charge on any atom is 0.272 e. The molecule has 0 unspecified atom stereocenters. The fourth-order valence-electron chi connectivity index (χ4n) is 2.50. The summed E-state index contributed by atoms with van der Waals surface area (Å²) in [5, 5.41) is 2.61. The molecule has 3 aromatic rings. The van der Waals surface area contributed by atoms with E-state index in [1.54, 1.807) is 7.05 Å². The average molecular weight is 371 g/mol. The number of carbonyl (C=O) groups is 1. The van der Waals surface area contributed by atoms with Gasteiger partial charge in [0, 0.05) is 13.6 Å². The van der Waals surface area contributed by atoms with Gasteiger partial charge in [0.1, 0.15) is 5.69 Å². The third kappa shape index (κ3) is 4.25. The molecule has 2 aromatic carbocycles. The van der Waals surface area contributed by atoms with Crippen molar-refractivity contribution in [3.05, 3.63) is 89.5 Å². The number of halogens is 3. The van der Waals surface area contributed by atoms with E-state index in [2.05, 4.69) is 10.3 Å². The lowest BCUT2D eigenvalue weighted by Crippen LogP contribution is -2.26. The molecule has 1 heterocycles. The molecule has 0 bridgehead atoms.